The minimum Gasteiger partial charge on any atom is -0.466 e. The predicted octanol–water partition coefficient (Wildman–Crippen LogP) is 1.58. The lowest BCUT2D eigenvalue weighted by atomic mass is 10.1. The molecule has 0 saturated carbocycles. The highest BCUT2D eigenvalue weighted by molar-refractivity contribution is 5.97. The SMILES string of the molecule is O=C(CCC(=O)c1ccccc1)OCCCO. The van der Waals surface area contributed by atoms with E-state index in [0.29, 0.717) is 12.0 Å². The molecule has 0 bridgehead atoms. The second-order valence-electron chi connectivity index (χ2n) is 3.59. The van der Waals surface area contributed by atoms with E-state index in [1.54, 1.807) is 24.3 Å². The van der Waals surface area contributed by atoms with Crippen LogP contribution in [0.3, 0.4) is 0 Å². The zero-order valence-electron chi connectivity index (χ0n) is 9.59. The lowest BCUT2D eigenvalue weighted by Gasteiger charge is -2.03. The fraction of sp³-hybridized carbons (Fsp3) is 0.385. The zero-order valence-corrected chi connectivity index (χ0v) is 9.59. The molecule has 0 spiro atoms. The van der Waals surface area contributed by atoms with Gasteiger partial charge in [-0.25, -0.2) is 0 Å². The van der Waals surface area contributed by atoms with E-state index in [4.69, 9.17) is 9.84 Å². The molecule has 1 N–H and O–H groups in total. The van der Waals surface area contributed by atoms with Crippen LogP contribution in [0.5, 0.6) is 0 Å². The van der Waals surface area contributed by atoms with Crippen molar-refractivity contribution in [1.82, 2.24) is 0 Å². The summed E-state index contributed by atoms with van der Waals surface area (Å²) in [6, 6.07) is 8.85. The molecule has 1 aromatic carbocycles. The molecular formula is C13H16O4. The molecule has 0 aromatic heterocycles. The third kappa shape index (κ3) is 5.26. The monoisotopic (exact) mass is 236 g/mol. The summed E-state index contributed by atoms with van der Waals surface area (Å²) in [5.41, 5.74) is 0.607. The summed E-state index contributed by atoms with van der Waals surface area (Å²) in [4.78, 5) is 22.8. The number of carbonyl (C=O) groups excluding carboxylic acids is 2. The maximum absolute atomic E-state index is 11.6. The van der Waals surface area contributed by atoms with Gasteiger partial charge in [0.25, 0.3) is 0 Å². The fourth-order valence-corrected chi connectivity index (χ4v) is 1.31. The topological polar surface area (TPSA) is 63.6 Å². The Morgan fingerprint density at radius 3 is 2.47 bits per heavy atom. The Bertz CT molecular complexity index is 359. The molecule has 1 rings (SSSR count). The molecule has 0 aliphatic carbocycles. The van der Waals surface area contributed by atoms with Gasteiger partial charge in [-0.05, 0) is 0 Å². The summed E-state index contributed by atoms with van der Waals surface area (Å²) in [7, 11) is 0. The molecule has 0 heterocycles. The van der Waals surface area contributed by atoms with Gasteiger partial charge in [-0.3, -0.25) is 9.59 Å². The maximum Gasteiger partial charge on any atom is 0.306 e. The molecule has 17 heavy (non-hydrogen) atoms. The van der Waals surface area contributed by atoms with Crippen LogP contribution in [0.4, 0.5) is 0 Å². The molecule has 0 aliphatic rings. The molecule has 0 fully saturated rings. The van der Waals surface area contributed by atoms with Gasteiger partial charge < -0.3 is 9.84 Å². The smallest absolute Gasteiger partial charge is 0.306 e. The number of aliphatic hydroxyl groups is 1. The van der Waals surface area contributed by atoms with Crippen molar-refractivity contribution in [1.29, 1.82) is 0 Å². The second-order valence-corrected chi connectivity index (χ2v) is 3.59. The van der Waals surface area contributed by atoms with Crippen molar-refractivity contribution in [2.75, 3.05) is 13.2 Å². The standard InChI is InChI=1S/C13H16O4/c14-9-4-10-17-13(16)8-7-12(15)11-5-2-1-3-6-11/h1-3,5-6,14H,4,7-10H2. The number of aliphatic hydroxyl groups excluding tert-OH is 1. The number of hydrogen-bond acceptors (Lipinski definition) is 4. The van der Waals surface area contributed by atoms with Gasteiger partial charge in [0.05, 0.1) is 13.0 Å². The van der Waals surface area contributed by atoms with Crippen LogP contribution in [0.1, 0.15) is 29.6 Å². The third-order valence-electron chi connectivity index (χ3n) is 2.22. The first-order valence-corrected chi connectivity index (χ1v) is 5.59. The average molecular weight is 236 g/mol. The van der Waals surface area contributed by atoms with E-state index >= 15 is 0 Å². The number of ether oxygens (including phenoxy) is 1. The summed E-state index contributed by atoms with van der Waals surface area (Å²) in [6.45, 7) is 0.199. The summed E-state index contributed by atoms with van der Waals surface area (Å²) in [5, 5.41) is 8.50. The highest BCUT2D eigenvalue weighted by Gasteiger charge is 2.09. The number of hydrogen-bond donors (Lipinski definition) is 1. The van der Waals surface area contributed by atoms with E-state index in [0.717, 1.165) is 0 Å². The summed E-state index contributed by atoms with van der Waals surface area (Å²) in [6.07, 6.45) is 0.666. The molecule has 0 radical (unpaired) electrons. The average Bonchev–Trinajstić information content (AvgIpc) is 2.37. The first-order valence-electron chi connectivity index (χ1n) is 5.59. The highest BCUT2D eigenvalue weighted by Crippen LogP contribution is 2.05. The normalized spacial score (nSPS) is 9.94. The molecule has 1 aromatic rings. The molecule has 0 amide bonds. The van der Waals surface area contributed by atoms with Crippen LogP contribution in [-0.2, 0) is 9.53 Å². The van der Waals surface area contributed by atoms with E-state index in [1.807, 2.05) is 6.07 Å². The van der Waals surface area contributed by atoms with E-state index in [9.17, 15) is 9.59 Å². The van der Waals surface area contributed by atoms with Crippen LogP contribution in [-0.4, -0.2) is 30.1 Å². The van der Waals surface area contributed by atoms with E-state index in [-0.39, 0.29) is 31.8 Å². The molecule has 4 nitrogen and oxygen atoms in total. The Morgan fingerprint density at radius 2 is 1.82 bits per heavy atom. The Morgan fingerprint density at radius 1 is 1.12 bits per heavy atom. The molecule has 4 heteroatoms. The second kappa shape index (κ2) is 7.57. The minimum absolute atomic E-state index is 0.00374. The quantitative estimate of drug-likeness (QED) is 0.443. The number of benzene rings is 1. The van der Waals surface area contributed by atoms with Gasteiger partial charge >= 0.3 is 5.97 Å². The van der Waals surface area contributed by atoms with Crippen LogP contribution in [0.2, 0.25) is 0 Å². The van der Waals surface area contributed by atoms with E-state index < -0.39 is 5.97 Å². The van der Waals surface area contributed by atoms with Crippen molar-refractivity contribution >= 4 is 11.8 Å². The number of esters is 1. The molecular weight excluding hydrogens is 220 g/mol. The molecule has 0 unspecified atom stereocenters. The van der Waals surface area contributed by atoms with E-state index in [1.165, 1.54) is 0 Å². The summed E-state index contributed by atoms with van der Waals surface area (Å²) in [5.74, 6) is -0.465. The van der Waals surface area contributed by atoms with Gasteiger partial charge in [0.2, 0.25) is 0 Å². The van der Waals surface area contributed by atoms with E-state index in [2.05, 4.69) is 0 Å². The predicted molar refractivity (Wildman–Crippen MR) is 62.7 cm³/mol. The van der Waals surface area contributed by atoms with Crippen LogP contribution in [0.25, 0.3) is 0 Å². The number of ketones is 1. The first kappa shape index (κ1) is 13.4. The number of Topliss-reactive ketones (excluding diaryl/α,β-unsaturated/α-hetero) is 1. The van der Waals surface area contributed by atoms with Gasteiger partial charge in [0.15, 0.2) is 5.78 Å². The van der Waals surface area contributed by atoms with Crippen LogP contribution in [0, 0.1) is 0 Å². The zero-order chi connectivity index (χ0) is 12.5. The molecule has 92 valence electrons. The van der Waals surface area contributed by atoms with Crippen LogP contribution < -0.4 is 0 Å². The largest absolute Gasteiger partial charge is 0.466 e. The number of carbonyl (C=O) groups is 2. The van der Waals surface area contributed by atoms with Gasteiger partial charge in [-0.1, -0.05) is 30.3 Å². The molecule has 0 aliphatic heterocycles. The fourth-order valence-electron chi connectivity index (χ4n) is 1.31. The maximum atomic E-state index is 11.6. The van der Waals surface area contributed by atoms with Crippen molar-refractivity contribution in [3.63, 3.8) is 0 Å². The molecule has 0 atom stereocenters. The summed E-state index contributed by atoms with van der Waals surface area (Å²) < 4.78 is 4.82. The third-order valence-corrected chi connectivity index (χ3v) is 2.22. The Hall–Kier alpha value is -1.68. The van der Waals surface area contributed by atoms with Crippen molar-refractivity contribution in [3.8, 4) is 0 Å². The lowest BCUT2D eigenvalue weighted by Crippen LogP contribution is -2.09. The van der Waals surface area contributed by atoms with Crippen molar-refractivity contribution in [2.45, 2.75) is 19.3 Å². The summed E-state index contributed by atoms with van der Waals surface area (Å²) >= 11 is 0. The van der Waals surface area contributed by atoms with Gasteiger partial charge in [0, 0.05) is 25.0 Å². The molecule has 0 saturated heterocycles. The van der Waals surface area contributed by atoms with Gasteiger partial charge in [-0.15, -0.1) is 0 Å². The Kier molecular flexibility index (Phi) is 5.96. The first-order chi connectivity index (χ1) is 8.24. The number of rotatable bonds is 7. The van der Waals surface area contributed by atoms with Gasteiger partial charge in [-0.2, -0.15) is 0 Å². The van der Waals surface area contributed by atoms with Crippen LogP contribution in [0.15, 0.2) is 30.3 Å². The Labute approximate surface area is 100 Å². The van der Waals surface area contributed by atoms with Crippen molar-refractivity contribution in [2.24, 2.45) is 0 Å². The lowest BCUT2D eigenvalue weighted by molar-refractivity contribution is -0.143. The van der Waals surface area contributed by atoms with Crippen LogP contribution >= 0.6 is 0 Å². The highest BCUT2D eigenvalue weighted by atomic mass is 16.5. The minimum atomic E-state index is -0.400. The Balaban J connectivity index is 2.26. The van der Waals surface area contributed by atoms with Gasteiger partial charge in [0.1, 0.15) is 0 Å². The van der Waals surface area contributed by atoms with Crippen molar-refractivity contribution in [3.05, 3.63) is 35.9 Å². The van der Waals surface area contributed by atoms with Crippen molar-refractivity contribution < 1.29 is 19.4 Å².